The van der Waals surface area contributed by atoms with E-state index in [0.717, 1.165) is 12.1 Å². The van der Waals surface area contributed by atoms with Crippen LogP contribution in [0, 0.1) is 0 Å². The van der Waals surface area contributed by atoms with E-state index in [1.54, 1.807) is 0 Å². The second kappa shape index (κ2) is 4.64. The molecule has 18 heavy (non-hydrogen) atoms. The molecule has 1 N–H and O–H groups in total. The average molecular weight is 275 g/mol. The maximum atomic E-state index is 12.4. The minimum absolute atomic E-state index is 0.311. The lowest BCUT2D eigenvalue weighted by Gasteiger charge is -2.07. The SMILES string of the molecule is O=C(O)[C@@H]1CSC(c2ccc(C(F)(F)F)cc2)=N1. The molecule has 0 aromatic heterocycles. The molecule has 7 heteroatoms. The van der Waals surface area contributed by atoms with Crippen LogP contribution in [0.4, 0.5) is 13.2 Å². The number of carbonyl (C=O) groups is 1. The zero-order valence-corrected chi connectivity index (χ0v) is 9.76. The number of carboxylic acids is 1. The van der Waals surface area contributed by atoms with Crippen LogP contribution in [0.3, 0.4) is 0 Å². The van der Waals surface area contributed by atoms with Crippen LogP contribution in [0.1, 0.15) is 11.1 Å². The first-order valence-electron chi connectivity index (χ1n) is 4.99. The maximum Gasteiger partial charge on any atom is 0.416 e. The molecule has 1 aliphatic rings. The lowest BCUT2D eigenvalue weighted by atomic mass is 10.1. The maximum absolute atomic E-state index is 12.4. The molecule has 3 nitrogen and oxygen atoms in total. The van der Waals surface area contributed by atoms with Crippen LogP contribution < -0.4 is 0 Å². The van der Waals surface area contributed by atoms with Crippen LogP contribution >= 0.6 is 11.8 Å². The highest BCUT2D eigenvalue weighted by Crippen LogP contribution is 2.30. The van der Waals surface area contributed by atoms with Gasteiger partial charge in [-0.2, -0.15) is 13.2 Å². The van der Waals surface area contributed by atoms with Gasteiger partial charge >= 0.3 is 12.1 Å². The van der Waals surface area contributed by atoms with Crippen molar-refractivity contribution in [2.45, 2.75) is 12.2 Å². The van der Waals surface area contributed by atoms with Gasteiger partial charge in [0.1, 0.15) is 0 Å². The molecule has 0 saturated carbocycles. The number of nitrogens with zero attached hydrogens (tertiary/aromatic N) is 1. The second-order valence-corrected chi connectivity index (χ2v) is 4.68. The van der Waals surface area contributed by atoms with Crippen LogP contribution in [0.15, 0.2) is 29.3 Å². The van der Waals surface area contributed by atoms with Crippen LogP contribution in [-0.4, -0.2) is 27.9 Å². The number of rotatable bonds is 2. The number of hydrogen-bond donors (Lipinski definition) is 1. The fourth-order valence-electron chi connectivity index (χ4n) is 1.46. The highest BCUT2D eigenvalue weighted by molar-refractivity contribution is 8.14. The monoisotopic (exact) mass is 275 g/mol. The van der Waals surface area contributed by atoms with Crippen LogP contribution in [-0.2, 0) is 11.0 Å². The average Bonchev–Trinajstić information content (AvgIpc) is 2.77. The molecule has 96 valence electrons. The summed E-state index contributed by atoms with van der Waals surface area (Å²) in [7, 11) is 0. The molecule has 0 saturated heterocycles. The molecular weight excluding hydrogens is 267 g/mol. The third-order valence-electron chi connectivity index (χ3n) is 2.40. The van der Waals surface area contributed by atoms with Crippen molar-refractivity contribution in [3.05, 3.63) is 35.4 Å². The van der Waals surface area contributed by atoms with E-state index in [0.29, 0.717) is 16.4 Å². The Bertz CT molecular complexity index is 496. The summed E-state index contributed by atoms with van der Waals surface area (Å²) in [5, 5.41) is 9.23. The lowest BCUT2D eigenvalue weighted by Crippen LogP contribution is -2.17. The van der Waals surface area contributed by atoms with Gasteiger partial charge in [0.05, 0.1) is 10.6 Å². The smallest absolute Gasteiger partial charge is 0.416 e. The Labute approximate surface area is 105 Å². The molecule has 2 rings (SSSR count). The molecule has 1 aromatic rings. The molecule has 0 spiro atoms. The zero-order valence-electron chi connectivity index (χ0n) is 8.94. The summed E-state index contributed by atoms with van der Waals surface area (Å²) >= 11 is 1.23. The van der Waals surface area contributed by atoms with E-state index in [9.17, 15) is 18.0 Å². The normalized spacial score (nSPS) is 19.7. The van der Waals surface area contributed by atoms with Crippen molar-refractivity contribution < 1.29 is 23.1 Å². The number of aliphatic imine (C=N–C) groups is 1. The summed E-state index contributed by atoms with van der Waals surface area (Å²) in [6.45, 7) is 0. The number of carboxylic acid groups (broad SMARTS) is 1. The molecule has 1 aromatic carbocycles. The summed E-state index contributed by atoms with van der Waals surface area (Å²) in [6.07, 6.45) is -4.37. The molecule has 0 unspecified atom stereocenters. The van der Waals surface area contributed by atoms with Gasteiger partial charge in [-0.25, -0.2) is 4.79 Å². The molecule has 1 atom stereocenters. The summed E-state index contributed by atoms with van der Waals surface area (Å²) in [6, 6.07) is 3.73. The Morgan fingerprint density at radius 3 is 2.39 bits per heavy atom. The van der Waals surface area contributed by atoms with Crippen molar-refractivity contribution >= 4 is 22.8 Å². The number of aliphatic carboxylic acids is 1. The zero-order chi connectivity index (χ0) is 13.3. The van der Waals surface area contributed by atoms with Crippen molar-refractivity contribution in [1.82, 2.24) is 0 Å². The first-order chi connectivity index (χ1) is 8.38. The Kier molecular flexibility index (Phi) is 3.34. The predicted molar refractivity (Wildman–Crippen MR) is 61.9 cm³/mol. The minimum atomic E-state index is -4.37. The standard InChI is InChI=1S/C11H8F3NO2S/c12-11(13,14)7-3-1-6(2-4-7)9-15-8(5-18-9)10(16)17/h1-4,8H,5H2,(H,16,17)/t8-/m0/s1. The van der Waals surface area contributed by atoms with Gasteiger partial charge in [-0.05, 0) is 12.1 Å². The highest BCUT2D eigenvalue weighted by Gasteiger charge is 2.30. The molecular formula is C11H8F3NO2S. The van der Waals surface area contributed by atoms with Gasteiger partial charge in [0.15, 0.2) is 6.04 Å². The van der Waals surface area contributed by atoms with Crippen molar-refractivity contribution in [3.63, 3.8) is 0 Å². The fraction of sp³-hybridized carbons (Fsp3) is 0.273. The molecule has 0 aliphatic carbocycles. The van der Waals surface area contributed by atoms with Gasteiger partial charge in [0.25, 0.3) is 0 Å². The number of benzene rings is 1. The van der Waals surface area contributed by atoms with E-state index >= 15 is 0 Å². The fourth-order valence-corrected chi connectivity index (χ4v) is 2.50. The molecule has 0 amide bonds. The van der Waals surface area contributed by atoms with E-state index in [1.165, 1.54) is 23.9 Å². The van der Waals surface area contributed by atoms with Gasteiger partial charge in [-0.3, -0.25) is 4.99 Å². The Morgan fingerprint density at radius 1 is 1.33 bits per heavy atom. The predicted octanol–water partition coefficient (Wildman–Crippen LogP) is 2.65. The molecule has 1 aliphatic heterocycles. The van der Waals surface area contributed by atoms with Crippen molar-refractivity contribution in [2.75, 3.05) is 5.75 Å². The molecule has 1 heterocycles. The van der Waals surface area contributed by atoms with E-state index in [1.807, 2.05) is 0 Å². The van der Waals surface area contributed by atoms with E-state index in [-0.39, 0.29) is 0 Å². The minimum Gasteiger partial charge on any atom is -0.480 e. The molecule has 0 fully saturated rings. The Hall–Kier alpha value is -1.50. The van der Waals surface area contributed by atoms with E-state index < -0.39 is 23.8 Å². The van der Waals surface area contributed by atoms with Gasteiger partial charge in [0.2, 0.25) is 0 Å². The second-order valence-electron chi connectivity index (χ2n) is 3.67. The third-order valence-corrected chi connectivity index (χ3v) is 3.49. The summed E-state index contributed by atoms with van der Waals surface area (Å²) in [5.41, 5.74) is -0.221. The van der Waals surface area contributed by atoms with E-state index in [2.05, 4.69) is 4.99 Å². The molecule has 0 bridgehead atoms. The number of alkyl halides is 3. The van der Waals surface area contributed by atoms with Gasteiger partial charge in [0, 0.05) is 11.3 Å². The summed E-state index contributed by atoms with van der Waals surface area (Å²) < 4.78 is 37.1. The van der Waals surface area contributed by atoms with Crippen LogP contribution in [0.2, 0.25) is 0 Å². The Balaban J connectivity index is 2.21. The number of thioether (sulfide) groups is 1. The summed E-state index contributed by atoms with van der Waals surface area (Å²) in [4.78, 5) is 14.6. The summed E-state index contributed by atoms with van der Waals surface area (Å²) in [5.74, 6) is -0.712. The lowest BCUT2D eigenvalue weighted by molar-refractivity contribution is -0.138. The van der Waals surface area contributed by atoms with Gasteiger partial charge in [-0.15, -0.1) is 11.8 Å². The van der Waals surface area contributed by atoms with Gasteiger partial charge < -0.3 is 5.11 Å². The van der Waals surface area contributed by atoms with Crippen molar-refractivity contribution in [1.29, 1.82) is 0 Å². The van der Waals surface area contributed by atoms with Crippen molar-refractivity contribution in [2.24, 2.45) is 4.99 Å². The van der Waals surface area contributed by atoms with Gasteiger partial charge in [-0.1, -0.05) is 12.1 Å². The highest BCUT2D eigenvalue weighted by atomic mass is 32.2. The molecule has 0 radical (unpaired) electrons. The van der Waals surface area contributed by atoms with Crippen molar-refractivity contribution in [3.8, 4) is 0 Å². The third kappa shape index (κ3) is 2.66. The Morgan fingerprint density at radius 2 is 1.94 bits per heavy atom. The first-order valence-corrected chi connectivity index (χ1v) is 5.97. The number of hydrogen-bond acceptors (Lipinski definition) is 3. The first kappa shape index (κ1) is 12.9. The quantitative estimate of drug-likeness (QED) is 0.902. The van der Waals surface area contributed by atoms with Crippen LogP contribution in [0.5, 0.6) is 0 Å². The topological polar surface area (TPSA) is 49.7 Å². The van der Waals surface area contributed by atoms with E-state index in [4.69, 9.17) is 5.11 Å². The van der Waals surface area contributed by atoms with Crippen LogP contribution in [0.25, 0.3) is 0 Å². The number of halogens is 3. The largest absolute Gasteiger partial charge is 0.480 e.